The number of aromatic nitrogens is 1. The molecule has 0 spiro atoms. The minimum Gasteiger partial charge on any atom is -0.363 e. The molecule has 9 heavy (non-hydrogen) atoms. The molecule has 6 heteroatoms. The maximum atomic E-state index is 9.57. The van der Waals surface area contributed by atoms with Crippen molar-refractivity contribution in [1.82, 2.24) is 5.16 Å². The summed E-state index contributed by atoms with van der Waals surface area (Å²) in [5, 5.41) is 11.7. The fraction of sp³-hybridized carbons (Fsp3) is 0. The van der Waals surface area contributed by atoms with Crippen molar-refractivity contribution in [3.63, 3.8) is 0 Å². The minimum atomic E-state index is -0.960. The van der Waals surface area contributed by atoms with Gasteiger partial charge in [-0.25, -0.2) is 0 Å². The summed E-state index contributed by atoms with van der Waals surface area (Å²) in [5.74, 6) is -0.153. The van der Waals surface area contributed by atoms with E-state index in [-0.39, 0.29) is 5.88 Å². The SMILES string of the molecule is O=[N+]([O-])Oc1ccon1. The fourth-order valence-corrected chi connectivity index (χ4v) is 0.325. The molecule has 0 atom stereocenters. The lowest BCUT2D eigenvalue weighted by molar-refractivity contribution is -0.712. The van der Waals surface area contributed by atoms with Gasteiger partial charge in [-0.3, -0.25) is 4.84 Å². The van der Waals surface area contributed by atoms with E-state index in [1.807, 2.05) is 0 Å². The van der Waals surface area contributed by atoms with Gasteiger partial charge in [-0.05, 0) is 0 Å². The summed E-state index contributed by atoms with van der Waals surface area (Å²) in [4.78, 5) is 13.4. The highest BCUT2D eigenvalue weighted by atomic mass is 17.0. The van der Waals surface area contributed by atoms with Crippen molar-refractivity contribution in [2.24, 2.45) is 0 Å². The van der Waals surface area contributed by atoms with Crippen molar-refractivity contribution in [3.8, 4) is 5.88 Å². The normalized spacial score (nSPS) is 8.89. The van der Waals surface area contributed by atoms with Crippen molar-refractivity contribution in [2.45, 2.75) is 0 Å². The van der Waals surface area contributed by atoms with Gasteiger partial charge in [0.25, 0.3) is 5.88 Å². The molecular formula is C3H2N2O4. The van der Waals surface area contributed by atoms with Crippen LogP contribution in [0.2, 0.25) is 0 Å². The fourth-order valence-electron chi connectivity index (χ4n) is 0.325. The van der Waals surface area contributed by atoms with E-state index in [1.165, 1.54) is 12.3 Å². The van der Waals surface area contributed by atoms with Gasteiger partial charge in [0.05, 0.1) is 0 Å². The number of rotatable bonds is 2. The van der Waals surface area contributed by atoms with E-state index >= 15 is 0 Å². The molecule has 1 aromatic heterocycles. The van der Waals surface area contributed by atoms with E-state index in [4.69, 9.17) is 0 Å². The van der Waals surface area contributed by atoms with E-state index in [9.17, 15) is 10.1 Å². The molecule has 0 bridgehead atoms. The molecule has 1 rings (SSSR count). The average molecular weight is 130 g/mol. The van der Waals surface area contributed by atoms with Crippen LogP contribution >= 0.6 is 0 Å². The highest BCUT2D eigenvalue weighted by molar-refractivity contribution is 5.00. The van der Waals surface area contributed by atoms with Crippen molar-refractivity contribution in [2.75, 3.05) is 0 Å². The molecular weight excluding hydrogens is 128 g/mol. The zero-order valence-electron chi connectivity index (χ0n) is 4.18. The van der Waals surface area contributed by atoms with Crippen molar-refractivity contribution in [3.05, 3.63) is 22.4 Å². The molecule has 0 saturated heterocycles. The maximum absolute atomic E-state index is 9.57. The second-order valence-corrected chi connectivity index (χ2v) is 1.15. The second-order valence-electron chi connectivity index (χ2n) is 1.15. The third-order valence-electron chi connectivity index (χ3n) is 0.582. The highest BCUT2D eigenvalue weighted by Crippen LogP contribution is 2.03. The maximum Gasteiger partial charge on any atom is 0.301 e. The van der Waals surface area contributed by atoms with Crippen molar-refractivity contribution < 1.29 is 14.4 Å². The summed E-state index contributed by atoms with van der Waals surface area (Å²) in [7, 11) is 0. The van der Waals surface area contributed by atoms with Gasteiger partial charge in [0.1, 0.15) is 6.26 Å². The van der Waals surface area contributed by atoms with Crippen LogP contribution < -0.4 is 4.84 Å². The van der Waals surface area contributed by atoms with Crippen LogP contribution in [0.5, 0.6) is 5.88 Å². The molecule has 0 aromatic carbocycles. The summed E-state index contributed by atoms with van der Waals surface area (Å²) < 4.78 is 4.24. The van der Waals surface area contributed by atoms with Crippen LogP contribution in [0.15, 0.2) is 16.9 Å². The zero-order valence-corrected chi connectivity index (χ0v) is 4.18. The third-order valence-corrected chi connectivity index (χ3v) is 0.582. The predicted molar refractivity (Wildman–Crippen MR) is 24.1 cm³/mol. The first-order valence-corrected chi connectivity index (χ1v) is 2.02. The molecule has 0 aliphatic rings. The van der Waals surface area contributed by atoms with Crippen molar-refractivity contribution >= 4 is 0 Å². The lowest BCUT2D eigenvalue weighted by atomic mass is 10.7. The van der Waals surface area contributed by atoms with E-state index in [0.717, 1.165) is 0 Å². The molecule has 0 aliphatic heterocycles. The van der Waals surface area contributed by atoms with Gasteiger partial charge in [0.2, 0.25) is 0 Å². The first kappa shape index (κ1) is 5.54. The predicted octanol–water partition coefficient (Wildman–Crippen LogP) is 0.245. The molecule has 6 nitrogen and oxygen atoms in total. The Labute approximate surface area is 49.1 Å². The highest BCUT2D eigenvalue weighted by Gasteiger charge is 1.99. The summed E-state index contributed by atoms with van der Waals surface area (Å²) in [6.45, 7) is 0. The Hall–Kier alpha value is -1.59. The lowest BCUT2D eigenvalue weighted by Gasteiger charge is -1.84. The quantitative estimate of drug-likeness (QED) is 0.423. The van der Waals surface area contributed by atoms with Crippen LogP contribution in [-0.4, -0.2) is 10.2 Å². The third kappa shape index (κ3) is 1.41. The Bertz CT molecular complexity index is 194. The first-order valence-electron chi connectivity index (χ1n) is 2.02. The van der Waals surface area contributed by atoms with Crippen molar-refractivity contribution in [1.29, 1.82) is 0 Å². The van der Waals surface area contributed by atoms with Gasteiger partial charge in [-0.1, -0.05) is 5.16 Å². The molecule has 1 aromatic rings. The standard InChI is InChI=1S/C3H2N2O4/c6-5(7)9-3-1-2-8-4-3/h1-2H. The van der Waals surface area contributed by atoms with E-state index in [0.29, 0.717) is 0 Å². The van der Waals surface area contributed by atoms with Crippen LogP contribution in [0.1, 0.15) is 0 Å². The van der Waals surface area contributed by atoms with Crippen LogP contribution in [0, 0.1) is 10.1 Å². The largest absolute Gasteiger partial charge is 0.363 e. The minimum absolute atomic E-state index is 0.153. The number of hydrogen-bond donors (Lipinski definition) is 0. The van der Waals surface area contributed by atoms with Crippen LogP contribution in [-0.2, 0) is 0 Å². The van der Waals surface area contributed by atoms with E-state index < -0.39 is 5.09 Å². The topological polar surface area (TPSA) is 78.4 Å². The Morgan fingerprint density at radius 3 is 3.11 bits per heavy atom. The van der Waals surface area contributed by atoms with Crippen LogP contribution in [0.3, 0.4) is 0 Å². The second kappa shape index (κ2) is 2.12. The van der Waals surface area contributed by atoms with Gasteiger partial charge < -0.3 is 4.52 Å². The number of hydrogen-bond acceptors (Lipinski definition) is 5. The molecule has 0 unspecified atom stereocenters. The summed E-state index contributed by atoms with van der Waals surface area (Å²) in [5.41, 5.74) is 0. The van der Waals surface area contributed by atoms with Gasteiger partial charge >= 0.3 is 5.09 Å². The molecule has 0 radical (unpaired) electrons. The molecule has 0 amide bonds. The van der Waals surface area contributed by atoms with Gasteiger partial charge in [0, 0.05) is 6.07 Å². The van der Waals surface area contributed by atoms with Gasteiger partial charge in [-0.15, -0.1) is 10.1 Å². The van der Waals surface area contributed by atoms with Gasteiger partial charge in [0.15, 0.2) is 0 Å². The van der Waals surface area contributed by atoms with Crippen LogP contribution in [0.25, 0.3) is 0 Å². The summed E-state index contributed by atoms with van der Waals surface area (Å²) in [6, 6.07) is 1.24. The monoisotopic (exact) mass is 130 g/mol. The molecule has 0 fully saturated rings. The van der Waals surface area contributed by atoms with Gasteiger partial charge in [-0.2, -0.15) is 0 Å². The van der Waals surface area contributed by atoms with E-state index in [1.54, 1.807) is 0 Å². The molecule has 0 N–H and O–H groups in total. The molecule has 48 valence electrons. The smallest absolute Gasteiger partial charge is 0.301 e. The average Bonchev–Trinajstić information content (AvgIpc) is 2.15. The number of nitrogens with zero attached hydrogens (tertiary/aromatic N) is 2. The Morgan fingerprint density at radius 1 is 1.89 bits per heavy atom. The first-order chi connectivity index (χ1) is 4.29. The summed E-state index contributed by atoms with van der Waals surface area (Å²) >= 11 is 0. The Morgan fingerprint density at radius 2 is 2.67 bits per heavy atom. The summed E-state index contributed by atoms with van der Waals surface area (Å²) in [6.07, 6.45) is 1.18. The zero-order chi connectivity index (χ0) is 6.69. The molecule has 1 heterocycles. The molecule has 0 saturated carbocycles. The lowest BCUT2D eigenvalue weighted by Crippen LogP contribution is -2.02. The van der Waals surface area contributed by atoms with E-state index in [2.05, 4.69) is 14.5 Å². The Balaban J connectivity index is 2.58. The Kier molecular flexibility index (Phi) is 1.31. The van der Waals surface area contributed by atoms with Crippen LogP contribution in [0.4, 0.5) is 0 Å². The molecule has 0 aliphatic carbocycles.